The fourth-order valence-corrected chi connectivity index (χ4v) is 1.47. The predicted octanol–water partition coefficient (Wildman–Crippen LogP) is 3.61. The fraction of sp³-hybridized carbons (Fsp3) is 0.455. The van der Waals surface area contributed by atoms with E-state index < -0.39 is 0 Å². The van der Waals surface area contributed by atoms with E-state index in [0.717, 1.165) is 17.0 Å². The first-order chi connectivity index (χ1) is 6.12. The molecule has 72 valence electrons. The lowest BCUT2D eigenvalue weighted by molar-refractivity contribution is -0.00139. The number of benzene rings is 1. The van der Waals surface area contributed by atoms with Crippen LogP contribution in [0.25, 0.3) is 0 Å². The molecule has 1 aromatic rings. The number of halogens is 1. The highest BCUT2D eigenvalue weighted by Crippen LogP contribution is 2.29. The van der Waals surface area contributed by atoms with Gasteiger partial charge in [0.2, 0.25) is 0 Å². The van der Waals surface area contributed by atoms with Gasteiger partial charge in [-0.2, -0.15) is 0 Å². The van der Waals surface area contributed by atoms with Gasteiger partial charge >= 0.3 is 0 Å². The van der Waals surface area contributed by atoms with Crippen molar-refractivity contribution in [3.8, 4) is 0 Å². The van der Waals surface area contributed by atoms with Crippen LogP contribution in [0.15, 0.2) is 24.3 Å². The van der Waals surface area contributed by atoms with Gasteiger partial charge in [-0.25, -0.2) is 0 Å². The standard InChI is InChI=1S/C11H15ClO/c1-4-11(2,13-3)9-6-5-7-10(12)8-9/h5-8H,4H2,1-3H3. The van der Waals surface area contributed by atoms with Crippen LogP contribution in [-0.2, 0) is 10.3 Å². The van der Waals surface area contributed by atoms with E-state index in [1.165, 1.54) is 0 Å². The second-order valence-electron chi connectivity index (χ2n) is 3.30. The Labute approximate surface area is 84.7 Å². The van der Waals surface area contributed by atoms with Crippen LogP contribution in [-0.4, -0.2) is 7.11 Å². The molecule has 0 heterocycles. The second-order valence-corrected chi connectivity index (χ2v) is 3.74. The highest BCUT2D eigenvalue weighted by molar-refractivity contribution is 6.30. The van der Waals surface area contributed by atoms with Crippen molar-refractivity contribution in [2.45, 2.75) is 25.9 Å². The SMILES string of the molecule is CCC(C)(OC)c1cccc(Cl)c1. The lowest BCUT2D eigenvalue weighted by Gasteiger charge is -2.27. The van der Waals surface area contributed by atoms with Gasteiger partial charge in [0.15, 0.2) is 0 Å². The third-order valence-corrected chi connectivity index (χ3v) is 2.80. The molecule has 1 nitrogen and oxygen atoms in total. The first kappa shape index (κ1) is 10.6. The molecule has 0 saturated heterocycles. The summed E-state index contributed by atoms with van der Waals surface area (Å²) in [4.78, 5) is 0. The molecule has 13 heavy (non-hydrogen) atoms. The Hall–Kier alpha value is -0.530. The van der Waals surface area contributed by atoms with Crippen LogP contribution >= 0.6 is 11.6 Å². The molecule has 0 fully saturated rings. The van der Waals surface area contributed by atoms with E-state index in [1.54, 1.807) is 7.11 Å². The predicted molar refractivity (Wildman–Crippen MR) is 56.1 cm³/mol. The highest BCUT2D eigenvalue weighted by atomic mass is 35.5. The Morgan fingerprint density at radius 2 is 2.15 bits per heavy atom. The van der Waals surface area contributed by atoms with Crippen LogP contribution in [0.2, 0.25) is 5.02 Å². The van der Waals surface area contributed by atoms with Gasteiger partial charge in [0, 0.05) is 12.1 Å². The maximum absolute atomic E-state index is 5.91. The summed E-state index contributed by atoms with van der Waals surface area (Å²) in [6, 6.07) is 7.81. The van der Waals surface area contributed by atoms with E-state index in [9.17, 15) is 0 Å². The van der Waals surface area contributed by atoms with E-state index in [0.29, 0.717) is 0 Å². The van der Waals surface area contributed by atoms with Crippen LogP contribution in [0.4, 0.5) is 0 Å². The summed E-state index contributed by atoms with van der Waals surface area (Å²) >= 11 is 5.91. The number of rotatable bonds is 3. The van der Waals surface area contributed by atoms with E-state index in [-0.39, 0.29) is 5.60 Å². The molecule has 0 bridgehead atoms. The first-order valence-electron chi connectivity index (χ1n) is 4.43. The highest BCUT2D eigenvalue weighted by Gasteiger charge is 2.23. The molecule has 1 unspecified atom stereocenters. The summed E-state index contributed by atoms with van der Waals surface area (Å²) in [5.74, 6) is 0. The average molecular weight is 199 g/mol. The Morgan fingerprint density at radius 3 is 2.62 bits per heavy atom. The van der Waals surface area contributed by atoms with Crippen molar-refractivity contribution in [1.29, 1.82) is 0 Å². The third kappa shape index (κ3) is 2.23. The van der Waals surface area contributed by atoms with Gasteiger partial charge in [-0.3, -0.25) is 0 Å². The van der Waals surface area contributed by atoms with Crippen molar-refractivity contribution in [2.24, 2.45) is 0 Å². The fourth-order valence-electron chi connectivity index (χ4n) is 1.28. The zero-order valence-corrected chi connectivity index (χ0v) is 9.06. The zero-order valence-electron chi connectivity index (χ0n) is 8.30. The third-order valence-electron chi connectivity index (χ3n) is 2.56. The monoisotopic (exact) mass is 198 g/mol. The van der Waals surface area contributed by atoms with E-state index in [2.05, 4.69) is 13.8 Å². The molecule has 0 amide bonds. The van der Waals surface area contributed by atoms with Gasteiger partial charge in [-0.05, 0) is 31.0 Å². The minimum absolute atomic E-state index is 0.217. The largest absolute Gasteiger partial charge is 0.374 e. The van der Waals surface area contributed by atoms with Crippen LogP contribution in [0.5, 0.6) is 0 Å². The topological polar surface area (TPSA) is 9.23 Å². The molecule has 0 N–H and O–H groups in total. The molecular weight excluding hydrogens is 184 g/mol. The minimum Gasteiger partial charge on any atom is -0.374 e. The molecule has 0 aliphatic carbocycles. The lowest BCUT2D eigenvalue weighted by Crippen LogP contribution is -2.22. The average Bonchev–Trinajstić information content (AvgIpc) is 2.17. The Kier molecular flexibility index (Phi) is 3.34. The Bertz CT molecular complexity index is 279. The molecule has 0 aromatic heterocycles. The number of hydrogen-bond donors (Lipinski definition) is 0. The molecule has 0 aliphatic heterocycles. The van der Waals surface area contributed by atoms with Crippen molar-refractivity contribution in [3.63, 3.8) is 0 Å². The van der Waals surface area contributed by atoms with Gasteiger partial charge in [0.25, 0.3) is 0 Å². The summed E-state index contributed by atoms with van der Waals surface area (Å²) in [5, 5.41) is 0.759. The summed E-state index contributed by atoms with van der Waals surface area (Å²) < 4.78 is 5.47. The van der Waals surface area contributed by atoms with Gasteiger partial charge in [0.1, 0.15) is 0 Å². The molecule has 2 heteroatoms. The quantitative estimate of drug-likeness (QED) is 0.721. The zero-order chi connectivity index (χ0) is 9.90. The molecule has 0 spiro atoms. The molecular formula is C11H15ClO. The van der Waals surface area contributed by atoms with Gasteiger partial charge in [-0.1, -0.05) is 30.7 Å². The Morgan fingerprint density at radius 1 is 1.46 bits per heavy atom. The van der Waals surface area contributed by atoms with E-state index in [4.69, 9.17) is 16.3 Å². The van der Waals surface area contributed by atoms with Crippen molar-refractivity contribution >= 4 is 11.6 Å². The van der Waals surface area contributed by atoms with Crippen molar-refractivity contribution in [1.82, 2.24) is 0 Å². The molecule has 0 aliphatic rings. The van der Waals surface area contributed by atoms with Gasteiger partial charge < -0.3 is 4.74 Å². The van der Waals surface area contributed by atoms with Crippen LogP contribution < -0.4 is 0 Å². The molecule has 0 saturated carbocycles. The number of hydrogen-bond acceptors (Lipinski definition) is 1. The van der Waals surface area contributed by atoms with Crippen molar-refractivity contribution < 1.29 is 4.74 Å². The van der Waals surface area contributed by atoms with E-state index >= 15 is 0 Å². The maximum Gasteiger partial charge on any atom is 0.0897 e. The summed E-state index contributed by atoms with van der Waals surface area (Å²) in [6.07, 6.45) is 0.934. The summed E-state index contributed by atoms with van der Waals surface area (Å²) in [7, 11) is 1.73. The van der Waals surface area contributed by atoms with Crippen LogP contribution in [0.3, 0.4) is 0 Å². The summed E-state index contributed by atoms with van der Waals surface area (Å²) in [6.45, 7) is 4.17. The molecule has 1 aromatic carbocycles. The first-order valence-corrected chi connectivity index (χ1v) is 4.81. The smallest absolute Gasteiger partial charge is 0.0897 e. The number of ether oxygens (including phenoxy) is 1. The maximum atomic E-state index is 5.91. The van der Waals surface area contributed by atoms with E-state index in [1.807, 2.05) is 24.3 Å². The normalized spacial score (nSPS) is 15.4. The molecule has 1 atom stereocenters. The molecule has 1 rings (SSSR count). The van der Waals surface area contributed by atoms with Crippen LogP contribution in [0.1, 0.15) is 25.8 Å². The number of methoxy groups -OCH3 is 1. The minimum atomic E-state index is -0.217. The Balaban J connectivity index is 3.05. The van der Waals surface area contributed by atoms with Crippen molar-refractivity contribution in [3.05, 3.63) is 34.9 Å². The summed E-state index contributed by atoms with van der Waals surface area (Å²) in [5.41, 5.74) is 0.912. The lowest BCUT2D eigenvalue weighted by atomic mass is 9.93. The van der Waals surface area contributed by atoms with Gasteiger partial charge in [0.05, 0.1) is 5.60 Å². The molecule has 0 radical (unpaired) electrons. The van der Waals surface area contributed by atoms with Crippen LogP contribution in [0, 0.1) is 0 Å². The van der Waals surface area contributed by atoms with Gasteiger partial charge in [-0.15, -0.1) is 0 Å². The second kappa shape index (κ2) is 4.12. The van der Waals surface area contributed by atoms with Crippen molar-refractivity contribution in [2.75, 3.05) is 7.11 Å².